The van der Waals surface area contributed by atoms with Gasteiger partial charge < -0.3 is 5.73 Å². The van der Waals surface area contributed by atoms with Gasteiger partial charge in [-0.1, -0.05) is 6.92 Å². The van der Waals surface area contributed by atoms with E-state index in [1.807, 2.05) is 23.5 Å². The zero-order valence-corrected chi connectivity index (χ0v) is 7.82. The van der Waals surface area contributed by atoms with Gasteiger partial charge in [-0.15, -0.1) is 11.3 Å². The summed E-state index contributed by atoms with van der Waals surface area (Å²) >= 11 is 1.85. The molecule has 62 valence electrons. The summed E-state index contributed by atoms with van der Waals surface area (Å²) in [5.41, 5.74) is 6.53. The van der Waals surface area contributed by atoms with Gasteiger partial charge in [0.15, 0.2) is 0 Å². The summed E-state index contributed by atoms with van der Waals surface area (Å²) in [6.45, 7) is 2.17. The van der Waals surface area contributed by atoms with E-state index >= 15 is 0 Å². The Bertz CT molecular complexity index is 403. The van der Waals surface area contributed by atoms with Crippen LogP contribution in [0.25, 0.3) is 10.1 Å². The third-order valence-corrected chi connectivity index (χ3v) is 3.20. The summed E-state index contributed by atoms with van der Waals surface area (Å²) in [5, 5.41) is 1.27. The molecule has 1 nitrogen and oxygen atoms in total. The van der Waals surface area contributed by atoms with E-state index in [2.05, 4.69) is 19.1 Å². The van der Waals surface area contributed by atoms with Gasteiger partial charge in [0, 0.05) is 15.3 Å². The van der Waals surface area contributed by atoms with Gasteiger partial charge in [-0.3, -0.25) is 0 Å². The Labute approximate surface area is 75.8 Å². The van der Waals surface area contributed by atoms with Crippen molar-refractivity contribution in [1.29, 1.82) is 0 Å². The maximum atomic E-state index is 5.68. The van der Waals surface area contributed by atoms with Crippen LogP contribution in [0.15, 0.2) is 24.3 Å². The fraction of sp³-hybridized carbons (Fsp3) is 0.200. The minimum Gasteiger partial charge on any atom is -0.399 e. The quantitative estimate of drug-likeness (QED) is 0.666. The molecule has 0 saturated carbocycles. The highest BCUT2D eigenvalue weighted by molar-refractivity contribution is 7.19. The van der Waals surface area contributed by atoms with E-state index < -0.39 is 0 Å². The molecule has 0 saturated heterocycles. The smallest absolute Gasteiger partial charge is 0.0347 e. The topological polar surface area (TPSA) is 26.0 Å². The Kier molecular flexibility index (Phi) is 1.77. The second kappa shape index (κ2) is 2.79. The normalized spacial score (nSPS) is 10.8. The molecule has 2 rings (SSSR count). The van der Waals surface area contributed by atoms with Crippen LogP contribution < -0.4 is 5.73 Å². The molecule has 2 heteroatoms. The predicted octanol–water partition coefficient (Wildman–Crippen LogP) is 3.05. The van der Waals surface area contributed by atoms with Crippen molar-refractivity contribution >= 4 is 27.1 Å². The number of rotatable bonds is 1. The molecule has 0 atom stereocenters. The molecule has 2 aromatic rings. The molecule has 1 aromatic carbocycles. The molecular formula is C10H11NS. The van der Waals surface area contributed by atoms with Crippen molar-refractivity contribution in [1.82, 2.24) is 0 Å². The maximum Gasteiger partial charge on any atom is 0.0347 e. The Morgan fingerprint density at radius 2 is 2.17 bits per heavy atom. The molecule has 0 spiro atoms. The number of fused-ring (bicyclic) bond motifs is 1. The fourth-order valence-electron chi connectivity index (χ4n) is 1.29. The molecular weight excluding hydrogens is 166 g/mol. The number of nitrogens with two attached hydrogens (primary N) is 1. The Morgan fingerprint density at radius 3 is 2.92 bits per heavy atom. The molecule has 1 heterocycles. The molecule has 0 amide bonds. The van der Waals surface area contributed by atoms with E-state index in [1.165, 1.54) is 15.0 Å². The summed E-state index contributed by atoms with van der Waals surface area (Å²) in [6.07, 6.45) is 1.11. The van der Waals surface area contributed by atoms with Crippen LogP contribution in [0.3, 0.4) is 0 Å². The summed E-state index contributed by atoms with van der Waals surface area (Å²) in [6, 6.07) is 8.30. The molecule has 0 aliphatic carbocycles. The summed E-state index contributed by atoms with van der Waals surface area (Å²) < 4.78 is 1.33. The number of nitrogen functional groups attached to an aromatic ring is 1. The molecule has 0 aliphatic heterocycles. The van der Waals surface area contributed by atoms with Crippen molar-refractivity contribution in [3.05, 3.63) is 29.1 Å². The molecule has 0 radical (unpaired) electrons. The van der Waals surface area contributed by atoms with Gasteiger partial charge in [-0.25, -0.2) is 0 Å². The third kappa shape index (κ3) is 1.18. The van der Waals surface area contributed by atoms with Crippen LogP contribution in [0.5, 0.6) is 0 Å². The Balaban J connectivity index is 2.67. The van der Waals surface area contributed by atoms with Crippen LogP contribution in [0.2, 0.25) is 0 Å². The first-order valence-corrected chi connectivity index (χ1v) is 4.89. The second-order valence-electron chi connectivity index (χ2n) is 2.86. The number of benzene rings is 1. The van der Waals surface area contributed by atoms with Crippen LogP contribution in [0.1, 0.15) is 11.8 Å². The van der Waals surface area contributed by atoms with Crippen molar-refractivity contribution in [2.24, 2.45) is 0 Å². The van der Waals surface area contributed by atoms with E-state index in [9.17, 15) is 0 Å². The van der Waals surface area contributed by atoms with Crippen LogP contribution >= 0.6 is 11.3 Å². The van der Waals surface area contributed by atoms with Crippen LogP contribution in [-0.2, 0) is 6.42 Å². The second-order valence-corrected chi connectivity index (χ2v) is 4.03. The summed E-state index contributed by atoms with van der Waals surface area (Å²) in [7, 11) is 0. The van der Waals surface area contributed by atoms with Crippen LogP contribution in [-0.4, -0.2) is 0 Å². The lowest BCUT2D eigenvalue weighted by Crippen LogP contribution is -1.80. The average molecular weight is 177 g/mol. The first-order valence-electron chi connectivity index (χ1n) is 4.07. The van der Waals surface area contributed by atoms with Gasteiger partial charge in [0.2, 0.25) is 0 Å². The maximum absolute atomic E-state index is 5.68. The van der Waals surface area contributed by atoms with Gasteiger partial charge in [0.05, 0.1) is 0 Å². The number of hydrogen-bond acceptors (Lipinski definition) is 2. The average Bonchev–Trinajstić information content (AvgIpc) is 2.46. The number of anilines is 1. The third-order valence-electron chi connectivity index (χ3n) is 1.94. The lowest BCUT2D eigenvalue weighted by molar-refractivity contribution is 1.19. The van der Waals surface area contributed by atoms with Crippen LogP contribution in [0.4, 0.5) is 5.69 Å². The summed E-state index contributed by atoms with van der Waals surface area (Å²) in [5.74, 6) is 0. The lowest BCUT2D eigenvalue weighted by Gasteiger charge is -1.90. The van der Waals surface area contributed by atoms with E-state index in [0.29, 0.717) is 0 Å². The Morgan fingerprint density at radius 1 is 1.33 bits per heavy atom. The SMILES string of the molecule is CCc1cc2cc(N)ccc2s1. The lowest BCUT2D eigenvalue weighted by atomic mass is 10.2. The highest BCUT2D eigenvalue weighted by Gasteiger charge is 1.99. The number of aryl methyl sites for hydroxylation is 1. The standard InChI is InChI=1S/C10H11NS/c1-2-9-6-7-5-8(11)3-4-10(7)12-9/h3-6H,2,11H2,1H3. The minimum atomic E-state index is 0.850. The fourth-order valence-corrected chi connectivity index (χ4v) is 2.28. The van der Waals surface area contributed by atoms with E-state index in [4.69, 9.17) is 5.73 Å². The highest BCUT2D eigenvalue weighted by atomic mass is 32.1. The largest absolute Gasteiger partial charge is 0.399 e. The monoisotopic (exact) mass is 177 g/mol. The van der Waals surface area contributed by atoms with Crippen molar-refractivity contribution < 1.29 is 0 Å². The predicted molar refractivity (Wildman–Crippen MR) is 55.6 cm³/mol. The van der Waals surface area contributed by atoms with Crippen molar-refractivity contribution in [3.63, 3.8) is 0 Å². The molecule has 2 N–H and O–H groups in total. The van der Waals surface area contributed by atoms with E-state index in [0.717, 1.165) is 12.1 Å². The van der Waals surface area contributed by atoms with Crippen molar-refractivity contribution in [3.8, 4) is 0 Å². The number of hydrogen-bond donors (Lipinski definition) is 1. The highest BCUT2D eigenvalue weighted by Crippen LogP contribution is 2.27. The molecule has 0 aliphatic rings. The van der Waals surface area contributed by atoms with E-state index in [1.54, 1.807) is 0 Å². The molecule has 0 unspecified atom stereocenters. The van der Waals surface area contributed by atoms with Gasteiger partial charge in [0.25, 0.3) is 0 Å². The molecule has 0 fully saturated rings. The van der Waals surface area contributed by atoms with Crippen molar-refractivity contribution in [2.45, 2.75) is 13.3 Å². The molecule has 0 bridgehead atoms. The van der Waals surface area contributed by atoms with E-state index in [-0.39, 0.29) is 0 Å². The van der Waals surface area contributed by atoms with Gasteiger partial charge in [0.1, 0.15) is 0 Å². The Hall–Kier alpha value is -1.02. The zero-order valence-electron chi connectivity index (χ0n) is 7.00. The summed E-state index contributed by atoms with van der Waals surface area (Å²) in [4.78, 5) is 1.43. The van der Waals surface area contributed by atoms with Gasteiger partial charge in [-0.2, -0.15) is 0 Å². The zero-order chi connectivity index (χ0) is 8.55. The first kappa shape index (κ1) is 7.62. The minimum absolute atomic E-state index is 0.850. The van der Waals surface area contributed by atoms with Gasteiger partial charge in [-0.05, 0) is 36.1 Å². The van der Waals surface area contributed by atoms with Gasteiger partial charge >= 0.3 is 0 Å². The van der Waals surface area contributed by atoms with Crippen molar-refractivity contribution in [2.75, 3.05) is 5.73 Å². The molecule has 12 heavy (non-hydrogen) atoms. The molecule has 1 aromatic heterocycles. The van der Waals surface area contributed by atoms with Crippen LogP contribution in [0, 0.1) is 0 Å². The first-order chi connectivity index (χ1) is 5.79. The number of thiophene rings is 1.